The van der Waals surface area contributed by atoms with E-state index in [0.29, 0.717) is 11.0 Å². The van der Waals surface area contributed by atoms with Gasteiger partial charge in [0.15, 0.2) is 0 Å². The Kier molecular flexibility index (Phi) is 5.66. The molecule has 31 heavy (non-hydrogen) atoms. The molecule has 7 nitrogen and oxygen atoms in total. The number of anilines is 2. The average Bonchev–Trinajstić information content (AvgIpc) is 2.72. The highest BCUT2D eigenvalue weighted by molar-refractivity contribution is 6.21. The van der Waals surface area contributed by atoms with Crippen LogP contribution in [0.4, 0.5) is 33.7 Å². The van der Waals surface area contributed by atoms with E-state index in [9.17, 15) is 31.9 Å². The number of amides is 4. The summed E-state index contributed by atoms with van der Waals surface area (Å²) in [6.07, 6.45) is -5.10. The Balaban J connectivity index is 2.00. The molecule has 0 aliphatic carbocycles. The molecule has 0 atom stereocenters. The Hall–Kier alpha value is -3.94. The minimum Gasteiger partial charge on any atom is -0.355 e. The molecule has 3 rings (SSSR count). The summed E-state index contributed by atoms with van der Waals surface area (Å²) in [5.41, 5.74) is -2.54. The predicted octanol–water partition coefficient (Wildman–Crippen LogP) is 3.44. The van der Waals surface area contributed by atoms with Crippen molar-refractivity contribution in [3.8, 4) is 6.07 Å². The van der Waals surface area contributed by atoms with Gasteiger partial charge in [0.25, 0.3) is 5.91 Å². The van der Waals surface area contributed by atoms with Crippen molar-refractivity contribution < 1.29 is 31.9 Å². The van der Waals surface area contributed by atoms with Gasteiger partial charge in [-0.25, -0.2) is 14.1 Å². The lowest BCUT2D eigenvalue weighted by Crippen LogP contribution is -2.53. The maximum Gasteiger partial charge on any atom is 0.417 e. The minimum atomic E-state index is -4.87. The summed E-state index contributed by atoms with van der Waals surface area (Å²) < 4.78 is 54.1. The van der Waals surface area contributed by atoms with E-state index in [-0.39, 0.29) is 29.9 Å². The van der Waals surface area contributed by atoms with Crippen molar-refractivity contribution in [2.45, 2.75) is 12.6 Å². The molecule has 0 unspecified atom stereocenters. The van der Waals surface area contributed by atoms with Crippen molar-refractivity contribution in [1.82, 2.24) is 5.32 Å². The van der Waals surface area contributed by atoms with E-state index in [1.165, 1.54) is 19.2 Å². The number of nitrogens with zero attached hydrogens (tertiary/aromatic N) is 3. The molecule has 4 amide bonds. The van der Waals surface area contributed by atoms with Gasteiger partial charge in [-0.05, 0) is 36.4 Å². The van der Waals surface area contributed by atoms with Gasteiger partial charge in [0.05, 0.1) is 28.4 Å². The highest BCUT2D eigenvalue weighted by Gasteiger charge is 2.38. The van der Waals surface area contributed by atoms with E-state index in [0.717, 1.165) is 29.2 Å². The number of carbonyl (C=O) groups is 3. The summed E-state index contributed by atoms with van der Waals surface area (Å²) in [5, 5.41) is 11.2. The van der Waals surface area contributed by atoms with Crippen molar-refractivity contribution in [2.24, 2.45) is 0 Å². The van der Waals surface area contributed by atoms with Gasteiger partial charge in [-0.3, -0.25) is 14.5 Å². The molecular weight excluding hydrogens is 420 g/mol. The highest BCUT2D eigenvalue weighted by atomic mass is 19.4. The Morgan fingerprint density at radius 2 is 1.81 bits per heavy atom. The molecule has 1 fully saturated rings. The molecule has 1 aliphatic rings. The van der Waals surface area contributed by atoms with E-state index in [2.05, 4.69) is 5.32 Å². The SMILES string of the molecule is CNC(=O)c1ccc(N2CCC(=O)N(c3ccc(C#N)c(C(F)(F)F)c3)C2=O)cc1F. The van der Waals surface area contributed by atoms with Gasteiger partial charge < -0.3 is 5.32 Å². The lowest BCUT2D eigenvalue weighted by Gasteiger charge is -2.34. The van der Waals surface area contributed by atoms with Crippen molar-refractivity contribution in [1.29, 1.82) is 5.26 Å². The van der Waals surface area contributed by atoms with Crippen LogP contribution in [-0.2, 0) is 11.0 Å². The van der Waals surface area contributed by atoms with Crippen LogP contribution >= 0.6 is 0 Å². The van der Waals surface area contributed by atoms with E-state index in [1.54, 1.807) is 0 Å². The first-order chi connectivity index (χ1) is 14.6. The van der Waals surface area contributed by atoms with Crippen LogP contribution in [0.15, 0.2) is 36.4 Å². The fourth-order valence-corrected chi connectivity index (χ4v) is 3.13. The molecule has 2 aromatic rings. The number of nitriles is 1. The number of hydrogen-bond acceptors (Lipinski definition) is 4. The van der Waals surface area contributed by atoms with Crippen LogP contribution in [-0.4, -0.2) is 31.4 Å². The number of benzene rings is 2. The van der Waals surface area contributed by atoms with Crippen LogP contribution in [0, 0.1) is 17.1 Å². The van der Waals surface area contributed by atoms with Gasteiger partial charge in [0.2, 0.25) is 5.91 Å². The van der Waals surface area contributed by atoms with Gasteiger partial charge in [0.1, 0.15) is 5.82 Å². The third-order valence-electron chi connectivity index (χ3n) is 4.64. The van der Waals surface area contributed by atoms with Crippen molar-refractivity contribution in [3.63, 3.8) is 0 Å². The van der Waals surface area contributed by atoms with E-state index in [1.807, 2.05) is 0 Å². The smallest absolute Gasteiger partial charge is 0.355 e. The first-order valence-electron chi connectivity index (χ1n) is 8.86. The number of rotatable bonds is 3. The molecule has 1 N–H and O–H groups in total. The van der Waals surface area contributed by atoms with Crippen LogP contribution in [0.3, 0.4) is 0 Å². The van der Waals surface area contributed by atoms with Gasteiger partial charge in [-0.15, -0.1) is 0 Å². The normalized spacial score (nSPS) is 14.5. The molecule has 2 aromatic carbocycles. The predicted molar refractivity (Wildman–Crippen MR) is 101 cm³/mol. The van der Waals surface area contributed by atoms with Crippen LogP contribution < -0.4 is 15.1 Å². The second kappa shape index (κ2) is 8.06. The summed E-state index contributed by atoms with van der Waals surface area (Å²) >= 11 is 0. The molecule has 1 saturated heterocycles. The molecule has 0 spiro atoms. The number of halogens is 4. The molecular formula is C20H14F4N4O3. The van der Waals surface area contributed by atoms with E-state index >= 15 is 0 Å². The molecule has 160 valence electrons. The second-order valence-electron chi connectivity index (χ2n) is 6.50. The number of urea groups is 1. The summed E-state index contributed by atoms with van der Waals surface area (Å²) in [7, 11) is 1.32. The molecule has 1 heterocycles. The zero-order valence-corrected chi connectivity index (χ0v) is 16.0. The topological polar surface area (TPSA) is 93.5 Å². The Morgan fingerprint density at radius 1 is 1.13 bits per heavy atom. The third kappa shape index (κ3) is 4.05. The third-order valence-corrected chi connectivity index (χ3v) is 4.64. The quantitative estimate of drug-likeness (QED) is 0.749. The number of nitrogens with one attached hydrogen (secondary N) is 1. The van der Waals surface area contributed by atoms with Crippen LogP contribution in [0.2, 0.25) is 0 Å². The summed E-state index contributed by atoms with van der Waals surface area (Å²) in [6, 6.07) is 6.29. The number of imide groups is 1. The first-order valence-corrected chi connectivity index (χ1v) is 8.86. The monoisotopic (exact) mass is 434 g/mol. The lowest BCUT2D eigenvalue weighted by atomic mass is 10.1. The maximum absolute atomic E-state index is 14.3. The summed E-state index contributed by atoms with van der Waals surface area (Å²) in [4.78, 5) is 38.5. The summed E-state index contributed by atoms with van der Waals surface area (Å²) in [5.74, 6) is -2.34. The van der Waals surface area contributed by atoms with Gasteiger partial charge in [-0.1, -0.05) is 0 Å². The minimum absolute atomic E-state index is 0.0253. The largest absolute Gasteiger partial charge is 0.417 e. The molecule has 0 aromatic heterocycles. The maximum atomic E-state index is 14.3. The molecule has 0 bridgehead atoms. The highest BCUT2D eigenvalue weighted by Crippen LogP contribution is 2.35. The van der Waals surface area contributed by atoms with E-state index < -0.39 is 41.0 Å². The zero-order valence-electron chi connectivity index (χ0n) is 16.0. The molecule has 0 saturated carbocycles. The second-order valence-corrected chi connectivity index (χ2v) is 6.50. The van der Waals surface area contributed by atoms with Crippen molar-refractivity contribution in [3.05, 3.63) is 58.9 Å². The number of carbonyl (C=O) groups excluding carboxylic acids is 3. The van der Waals surface area contributed by atoms with Gasteiger partial charge in [-0.2, -0.15) is 18.4 Å². The van der Waals surface area contributed by atoms with Crippen molar-refractivity contribution in [2.75, 3.05) is 23.4 Å². The fraction of sp³-hybridized carbons (Fsp3) is 0.200. The van der Waals surface area contributed by atoms with Crippen LogP contribution in [0.1, 0.15) is 27.9 Å². The first kappa shape index (κ1) is 21.8. The van der Waals surface area contributed by atoms with Crippen LogP contribution in [0.25, 0.3) is 0 Å². The fourth-order valence-electron chi connectivity index (χ4n) is 3.13. The average molecular weight is 434 g/mol. The lowest BCUT2D eigenvalue weighted by molar-refractivity contribution is -0.137. The molecule has 0 radical (unpaired) electrons. The standard InChI is InChI=1S/C20H14F4N4O3/c1-26-18(30)14-5-4-12(9-16(14)21)27-7-6-17(29)28(19(27)31)13-3-2-11(10-25)15(8-13)20(22,23)24/h2-5,8-9H,6-7H2,1H3,(H,26,30). The van der Waals surface area contributed by atoms with Gasteiger partial charge in [0, 0.05) is 25.7 Å². The Labute approximate surface area is 173 Å². The van der Waals surface area contributed by atoms with Gasteiger partial charge >= 0.3 is 12.2 Å². The number of hydrogen-bond donors (Lipinski definition) is 1. The molecule has 11 heteroatoms. The Bertz CT molecular complexity index is 1120. The zero-order chi connectivity index (χ0) is 22.9. The summed E-state index contributed by atoms with van der Waals surface area (Å²) in [6.45, 7) is -0.130. The van der Waals surface area contributed by atoms with E-state index in [4.69, 9.17) is 5.26 Å². The number of alkyl halides is 3. The van der Waals surface area contributed by atoms with Crippen molar-refractivity contribution >= 4 is 29.2 Å². The van der Waals surface area contributed by atoms with Crippen LogP contribution in [0.5, 0.6) is 0 Å². The Morgan fingerprint density at radius 3 is 2.39 bits per heavy atom. The molecule has 1 aliphatic heterocycles.